The van der Waals surface area contributed by atoms with Crippen molar-refractivity contribution >= 4 is 21.6 Å². The molecule has 18 heavy (non-hydrogen) atoms. The quantitative estimate of drug-likeness (QED) is 0.842. The van der Waals surface area contributed by atoms with Crippen LogP contribution in [-0.4, -0.2) is 0 Å². The van der Waals surface area contributed by atoms with Gasteiger partial charge in [0.2, 0.25) is 0 Å². The smallest absolute Gasteiger partial charge is 0.0406 e. The topological polar surface area (TPSA) is 12.0 Å². The lowest BCUT2D eigenvalue weighted by Crippen LogP contribution is -2.03. The van der Waals surface area contributed by atoms with Crippen LogP contribution in [0.4, 0.5) is 5.69 Å². The molecule has 0 atom stereocenters. The monoisotopic (exact) mass is 303 g/mol. The molecule has 0 aromatic heterocycles. The van der Waals surface area contributed by atoms with E-state index in [0.29, 0.717) is 0 Å². The molecule has 0 spiro atoms. The largest absolute Gasteiger partial charge is 0.381 e. The Balaban J connectivity index is 2.14. The first-order valence-electron chi connectivity index (χ1n) is 6.13. The number of aryl methyl sites for hydroxylation is 3. The summed E-state index contributed by atoms with van der Waals surface area (Å²) in [5.74, 6) is 0. The molecule has 0 saturated carbocycles. The normalized spacial score (nSPS) is 10.4. The maximum atomic E-state index is 3.56. The Morgan fingerprint density at radius 3 is 2.22 bits per heavy atom. The number of rotatable bonds is 3. The predicted octanol–water partition coefficient (Wildman–Crippen LogP) is 4.99. The minimum atomic E-state index is 0.869. The van der Waals surface area contributed by atoms with Crippen LogP contribution in [-0.2, 0) is 6.54 Å². The van der Waals surface area contributed by atoms with E-state index in [9.17, 15) is 0 Å². The van der Waals surface area contributed by atoms with Crippen molar-refractivity contribution in [3.8, 4) is 0 Å². The van der Waals surface area contributed by atoms with E-state index >= 15 is 0 Å². The zero-order valence-corrected chi connectivity index (χ0v) is 12.6. The highest BCUT2D eigenvalue weighted by Crippen LogP contribution is 2.22. The van der Waals surface area contributed by atoms with E-state index in [1.54, 1.807) is 0 Å². The van der Waals surface area contributed by atoms with Gasteiger partial charge in [0.25, 0.3) is 0 Å². The fraction of sp³-hybridized carbons (Fsp3) is 0.250. The predicted molar refractivity (Wildman–Crippen MR) is 82.1 cm³/mol. The van der Waals surface area contributed by atoms with Crippen molar-refractivity contribution in [2.75, 3.05) is 5.32 Å². The molecular formula is C16H18BrN. The molecule has 0 aliphatic heterocycles. The van der Waals surface area contributed by atoms with Gasteiger partial charge in [-0.25, -0.2) is 0 Å². The van der Waals surface area contributed by atoms with Crippen LogP contribution in [0.2, 0.25) is 0 Å². The minimum Gasteiger partial charge on any atom is -0.381 e. The maximum Gasteiger partial charge on any atom is 0.0406 e. The second kappa shape index (κ2) is 5.57. The summed E-state index contributed by atoms with van der Waals surface area (Å²) in [4.78, 5) is 0. The summed E-state index contributed by atoms with van der Waals surface area (Å²) in [5, 5.41) is 3.48. The van der Waals surface area contributed by atoms with Crippen molar-refractivity contribution in [2.24, 2.45) is 0 Å². The van der Waals surface area contributed by atoms with E-state index < -0.39 is 0 Å². The summed E-state index contributed by atoms with van der Waals surface area (Å²) in [6.07, 6.45) is 0. The molecule has 1 nitrogen and oxygen atoms in total. The number of nitrogens with one attached hydrogen (secondary N) is 1. The Labute approximate surface area is 117 Å². The molecule has 0 amide bonds. The van der Waals surface area contributed by atoms with E-state index in [0.717, 1.165) is 16.7 Å². The lowest BCUT2D eigenvalue weighted by molar-refractivity contribution is 1.09. The van der Waals surface area contributed by atoms with Crippen LogP contribution in [0.3, 0.4) is 0 Å². The van der Waals surface area contributed by atoms with Gasteiger partial charge in [0, 0.05) is 16.7 Å². The Kier molecular flexibility index (Phi) is 4.07. The van der Waals surface area contributed by atoms with Gasteiger partial charge in [-0.05, 0) is 55.2 Å². The van der Waals surface area contributed by atoms with E-state index in [1.807, 2.05) is 0 Å². The molecule has 2 aromatic rings. The van der Waals surface area contributed by atoms with Crippen LogP contribution in [0.5, 0.6) is 0 Å². The van der Waals surface area contributed by atoms with Crippen LogP contribution >= 0.6 is 15.9 Å². The average molecular weight is 304 g/mol. The summed E-state index contributed by atoms with van der Waals surface area (Å²) in [7, 11) is 0. The highest BCUT2D eigenvalue weighted by atomic mass is 79.9. The van der Waals surface area contributed by atoms with Gasteiger partial charge in [-0.1, -0.05) is 40.2 Å². The average Bonchev–Trinajstić information content (AvgIpc) is 2.33. The summed E-state index contributed by atoms with van der Waals surface area (Å²) in [5.41, 5.74) is 6.47. The molecule has 0 saturated heterocycles. The highest BCUT2D eigenvalue weighted by Gasteiger charge is 2.02. The Hall–Kier alpha value is -1.28. The summed E-state index contributed by atoms with van der Waals surface area (Å²) < 4.78 is 1.15. The highest BCUT2D eigenvalue weighted by molar-refractivity contribution is 9.10. The van der Waals surface area contributed by atoms with E-state index in [4.69, 9.17) is 0 Å². The summed E-state index contributed by atoms with van der Waals surface area (Å²) >= 11 is 3.56. The van der Waals surface area contributed by atoms with Crippen LogP contribution in [0.1, 0.15) is 22.3 Å². The number of benzene rings is 2. The molecule has 0 aliphatic rings. The third-order valence-electron chi connectivity index (χ3n) is 3.29. The van der Waals surface area contributed by atoms with Gasteiger partial charge in [0.05, 0.1) is 0 Å². The molecule has 0 heterocycles. The second-order valence-electron chi connectivity index (χ2n) is 4.69. The maximum absolute atomic E-state index is 3.56. The standard InChI is InChI=1S/C16H18BrN/c1-11-5-4-6-12(2)15(11)10-18-14-8-7-13(3)16(17)9-14/h4-9,18H,10H2,1-3H3. The first kappa shape index (κ1) is 13.2. The van der Waals surface area contributed by atoms with Crippen LogP contribution in [0, 0.1) is 20.8 Å². The number of anilines is 1. The molecule has 0 radical (unpaired) electrons. The molecule has 94 valence electrons. The number of halogens is 1. The van der Waals surface area contributed by atoms with E-state index in [-0.39, 0.29) is 0 Å². The molecule has 1 N–H and O–H groups in total. The van der Waals surface area contributed by atoms with Crippen molar-refractivity contribution in [1.82, 2.24) is 0 Å². The fourth-order valence-corrected chi connectivity index (χ4v) is 2.40. The van der Waals surface area contributed by atoms with Crippen LogP contribution < -0.4 is 5.32 Å². The molecule has 0 bridgehead atoms. The van der Waals surface area contributed by atoms with Gasteiger partial charge in [-0.3, -0.25) is 0 Å². The number of hydrogen-bond acceptors (Lipinski definition) is 1. The molecule has 0 aliphatic carbocycles. The van der Waals surface area contributed by atoms with Crippen molar-refractivity contribution in [3.05, 3.63) is 63.1 Å². The fourth-order valence-electron chi connectivity index (χ4n) is 2.02. The second-order valence-corrected chi connectivity index (χ2v) is 5.54. The van der Waals surface area contributed by atoms with Crippen LogP contribution in [0.15, 0.2) is 40.9 Å². The lowest BCUT2D eigenvalue weighted by Gasteiger charge is -2.12. The first-order chi connectivity index (χ1) is 8.58. The SMILES string of the molecule is Cc1ccc(NCc2c(C)cccc2C)cc1Br. The lowest BCUT2D eigenvalue weighted by atomic mass is 10.0. The zero-order valence-electron chi connectivity index (χ0n) is 11.0. The first-order valence-corrected chi connectivity index (χ1v) is 6.92. The third kappa shape index (κ3) is 2.94. The van der Waals surface area contributed by atoms with Gasteiger partial charge in [0.1, 0.15) is 0 Å². The van der Waals surface area contributed by atoms with Gasteiger partial charge in [0.15, 0.2) is 0 Å². The van der Waals surface area contributed by atoms with Crippen molar-refractivity contribution in [3.63, 3.8) is 0 Å². The molecule has 2 rings (SSSR count). The molecule has 2 aromatic carbocycles. The van der Waals surface area contributed by atoms with E-state index in [1.165, 1.54) is 22.3 Å². The Bertz CT molecular complexity index is 541. The van der Waals surface area contributed by atoms with Gasteiger partial charge in [-0.15, -0.1) is 0 Å². The van der Waals surface area contributed by atoms with E-state index in [2.05, 4.69) is 78.4 Å². The summed E-state index contributed by atoms with van der Waals surface area (Å²) in [6, 6.07) is 12.8. The van der Waals surface area contributed by atoms with Crippen LogP contribution in [0.25, 0.3) is 0 Å². The number of hydrogen-bond donors (Lipinski definition) is 1. The zero-order chi connectivity index (χ0) is 13.1. The molecule has 0 fully saturated rings. The minimum absolute atomic E-state index is 0.869. The summed E-state index contributed by atoms with van der Waals surface area (Å²) in [6.45, 7) is 7.29. The van der Waals surface area contributed by atoms with Gasteiger partial charge >= 0.3 is 0 Å². The van der Waals surface area contributed by atoms with Crippen molar-refractivity contribution in [1.29, 1.82) is 0 Å². The third-order valence-corrected chi connectivity index (χ3v) is 4.14. The van der Waals surface area contributed by atoms with Crippen molar-refractivity contribution < 1.29 is 0 Å². The van der Waals surface area contributed by atoms with Gasteiger partial charge < -0.3 is 5.32 Å². The Morgan fingerprint density at radius 1 is 0.944 bits per heavy atom. The molecular weight excluding hydrogens is 286 g/mol. The molecule has 0 unspecified atom stereocenters. The Morgan fingerprint density at radius 2 is 1.61 bits per heavy atom. The molecule has 2 heteroatoms. The van der Waals surface area contributed by atoms with Gasteiger partial charge in [-0.2, -0.15) is 0 Å². The van der Waals surface area contributed by atoms with Crippen molar-refractivity contribution in [2.45, 2.75) is 27.3 Å².